The van der Waals surface area contributed by atoms with Crippen molar-refractivity contribution in [2.24, 2.45) is 5.73 Å². The summed E-state index contributed by atoms with van der Waals surface area (Å²) in [5, 5.41) is 0. The van der Waals surface area contributed by atoms with E-state index in [1.54, 1.807) is 0 Å². The van der Waals surface area contributed by atoms with Crippen molar-refractivity contribution in [1.29, 1.82) is 0 Å². The molecular weight excluding hydrogens is 228 g/mol. The van der Waals surface area contributed by atoms with E-state index in [2.05, 4.69) is 27.8 Å². The minimum Gasteiger partial charge on any atom is -0.320 e. The molecule has 13 heavy (non-hydrogen) atoms. The summed E-state index contributed by atoms with van der Waals surface area (Å²) in [6.07, 6.45) is 5.17. The van der Waals surface area contributed by atoms with Gasteiger partial charge in [-0.05, 0) is 53.7 Å². The van der Waals surface area contributed by atoms with Crippen LogP contribution in [0.5, 0.6) is 0 Å². The molecule has 2 N–H and O–H groups in total. The largest absolute Gasteiger partial charge is 0.320 e. The van der Waals surface area contributed by atoms with Crippen LogP contribution in [0.3, 0.4) is 0 Å². The Morgan fingerprint density at radius 1 is 1.54 bits per heavy atom. The minimum absolute atomic E-state index is 0.162. The summed E-state index contributed by atoms with van der Waals surface area (Å²) in [7, 11) is 0. The summed E-state index contributed by atoms with van der Waals surface area (Å²) in [6, 6.07) is 2.00. The van der Waals surface area contributed by atoms with Crippen molar-refractivity contribution in [3.05, 3.63) is 28.0 Å². The average Bonchev–Trinajstić information content (AvgIpc) is 2.06. The summed E-state index contributed by atoms with van der Waals surface area (Å²) in [6.45, 7) is 2.07. The quantitative estimate of drug-likeness (QED) is 0.820. The lowest BCUT2D eigenvalue weighted by Crippen LogP contribution is -2.44. The molecule has 2 nitrogen and oxygen atoms in total. The average molecular weight is 241 g/mol. The molecular formula is C10H13BrN2. The maximum absolute atomic E-state index is 6.20. The Kier molecular flexibility index (Phi) is 2.16. The molecule has 70 valence electrons. The van der Waals surface area contributed by atoms with Crippen molar-refractivity contribution in [2.45, 2.75) is 31.7 Å². The van der Waals surface area contributed by atoms with Gasteiger partial charge in [-0.2, -0.15) is 0 Å². The van der Waals surface area contributed by atoms with Gasteiger partial charge in [0.05, 0.1) is 11.2 Å². The first kappa shape index (κ1) is 9.16. The Labute approximate surface area is 86.7 Å². The third kappa shape index (κ3) is 1.40. The summed E-state index contributed by atoms with van der Waals surface area (Å²) >= 11 is 3.55. The van der Waals surface area contributed by atoms with Gasteiger partial charge in [0.1, 0.15) is 0 Å². The molecule has 0 bridgehead atoms. The number of hydrogen-bond acceptors (Lipinski definition) is 2. The van der Waals surface area contributed by atoms with Crippen LogP contribution >= 0.6 is 15.9 Å². The van der Waals surface area contributed by atoms with Crippen LogP contribution in [0.4, 0.5) is 0 Å². The number of nitrogens with zero attached hydrogens (tertiary/aromatic N) is 1. The predicted octanol–water partition coefficient (Wildman–Crippen LogP) is 2.49. The van der Waals surface area contributed by atoms with Gasteiger partial charge in [0.2, 0.25) is 0 Å². The number of nitrogens with two attached hydrogens (primary N) is 1. The number of aryl methyl sites for hydroxylation is 1. The van der Waals surface area contributed by atoms with Crippen molar-refractivity contribution in [3.8, 4) is 0 Å². The first-order valence-corrected chi connectivity index (χ1v) is 5.33. The highest BCUT2D eigenvalue weighted by molar-refractivity contribution is 9.10. The van der Waals surface area contributed by atoms with Crippen molar-refractivity contribution >= 4 is 15.9 Å². The minimum atomic E-state index is -0.162. The fourth-order valence-electron chi connectivity index (χ4n) is 1.68. The highest BCUT2D eigenvalue weighted by Gasteiger charge is 2.37. The summed E-state index contributed by atoms with van der Waals surface area (Å²) in [5.41, 5.74) is 8.28. The zero-order valence-electron chi connectivity index (χ0n) is 7.68. The van der Waals surface area contributed by atoms with Gasteiger partial charge in [-0.15, -0.1) is 0 Å². The summed E-state index contributed by atoms with van der Waals surface area (Å²) in [5.74, 6) is 0. The van der Waals surface area contributed by atoms with Gasteiger partial charge in [0.15, 0.2) is 0 Å². The molecule has 0 radical (unpaired) electrons. The van der Waals surface area contributed by atoms with Crippen LogP contribution in [-0.4, -0.2) is 4.98 Å². The Hall–Kier alpha value is -0.410. The Balaban J connectivity index is 2.45. The van der Waals surface area contributed by atoms with Crippen LogP contribution in [0.15, 0.2) is 16.7 Å². The van der Waals surface area contributed by atoms with Crippen molar-refractivity contribution in [3.63, 3.8) is 0 Å². The van der Waals surface area contributed by atoms with Crippen LogP contribution in [0.1, 0.15) is 30.5 Å². The molecule has 3 heteroatoms. The molecule has 1 aliphatic rings. The second-order valence-electron chi connectivity index (χ2n) is 3.80. The third-order valence-corrected chi connectivity index (χ3v) is 3.80. The van der Waals surface area contributed by atoms with Gasteiger partial charge >= 0.3 is 0 Å². The number of pyridine rings is 1. The van der Waals surface area contributed by atoms with Gasteiger partial charge in [-0.1, -0.05) is 0 Å². The lowest BCUT2D eigenvalue weighted by molar-refractivity contribution is 0.245. The number of hydrogen-bond donors (Lipinski definition) is 1. The van der Waals surface area contributed by atoms with E-state index in [9.17, 15) is 0 Å². The fraction of sp³-hybridized carbons (Fsp3) is 0.500. The molecule has 0 aliphatic heterocycles. The third-order valence-electron chi connectivity index (χ3n) is 2.80. The molecule has 1 saturated carbocycles. The standard InChI is InChI=1S/C10H13BrN2/c1-7-3-6-13-9(8(7)11)10(12)4-2-5-10/h3,6H,2,4-5,12H2,1H3. The van der Waals surface area contributed by atoms with Crippen molar-refractivity contribution < 1.29 is 0 Å². The zero-order chi connectivity index (χ0) is 9.47. The zero-order valence-corrected chi connectivity index (χ0v) is 9.26. The highest BCUT2D eigenvalue weighted by Crippen LogP contribution is 2.41. The van der Waals surface area contributed by atoms with E-state index in [1.165, 1.54) is 12.0 Å². The fourth-order valence-corrected chi connectivity index (χ4v) is 2.31. The van der Waals surface area contributed by atoms with E-state index < -0.39 is 0 Å². The Morgan fingerprint density at radius 2 is 2.23 bits per heavy atom. The number of rotatable bonds is 1. The SMILES string of the molecule is Cc1ccnc(C2(N)CCC2)c1Br. The Morgan fingerprint density at radius 3 is 2.77 bits per heavy atom. The van der Waals surface area contributed by atoms with Crippen molar-refractivity contribution in [1.82, 2.24) is 4.98 Å². The summed E-state index contributed by atoms with van der Waals surface area (Å²) in [4.78, 5) is 4.36. The Bertz CT molecular complexity index is 332. The van der Waals surface area contributed by atoms with Crippen LogP contribution in [-0.2, 0) is 5.54 Å². The summed E-state index contributed by atoms with van der Waals surface area (Å²) < 4.78 is 1.08. The molecule has 0 unspecified atom stereocenters. The van der Waals surface area contributed by atoms with Gasteiger partial charge in [-0.3, -0.25) is 4.98 Å². The van der Waals surface area contributed by atoms with Crippen LogP contribution in [0.2, 0.25) is 0 Å². The monoisotopic (exact) mass is 240 g/mol. The molecule has 2 rings (SSSR count). The van der Waals surface area contributed by atoms with E-state index in [4.69, 9.17) is 5.73 Å². The lowest BCUT2D eigenvalue weighted by atomic mass is 9.75. The molecule has 0 amide bonds. The molecule has 0 saturated heterocycles. The molecule has 1 heterocycles. The lowest BCUT2D eigenvalue weighted by Gasteiger charge is -2.38. The molecule has 0 spiro atoms. The maximum Gasteiger partial charge on any atom is 0.0746 e. The van der Waals surface area contributed by atoms with E-state index in [1.807, 2.05) is 12.3 Å². The first-order chi connectivity index (χ1) is 6.13. The van der Waals surface area contributed by atoms with Crippen molar-refractivity contribution in [2.75, 3.05) is 0 Å². The molecule has 1 fully saturated rings. The topological polar surface area (TPSA) is 38.9 Å². The highest BCUT2D eigenvalue weighted by atomic mass is 79.9. The van der Waals surface area contributed by atoms with E-state index in [0.717, 1.165) is 23.0 Å². The molecule has 0 atom stereocenters. The molecule has 1 aliphatic carbocycles. The first-order valence-electron chi connectivity index (χ1n) is 4.54. The van der Waals surface area contributed by atoms with Gasteiger partial charge in [0, 0.05) is 10.7 Å². The van der Waals surface area contributed by atoms with Crippen LogP contribution in [0.25, 0.3) is 0 Å². The second kappa shape index (κ2) is 3.07. The molecule has 0 aromatic carbocycles. The normalized spacial score (nSPS) is 19.6. The van der Waals surface area contributed by atoms with Gasteiger partial charge < -0.3 is 5.73 Å². The predicted molar refractivity (Wildman–Crippen MR) is 56.4 cm³/mol. The van der Waals surface area contributed by atoms with Gasteiger partial charge in [-0.25, -0.2) is 0 Å². The van der Waals surface area contributed by atoms with E-state index >= 15 is 0 Å². The van der Waals surface area contributed by atoms with Crippen LogP contribution < -0.4 is 5.73 Å². The molecule has 1 aromatic heterocycles. The van der Waals surface area contributed by atoms with E-state index in [0.29, 0.717) is 0 Å². The maximum atomic E-state index is 6.20. The second-order valence-corrected chi connectivity index (χ2v) is 4.59. The number of halogens is 1. The smallest absolute Gasteiger partial charge is 0.0746 e. The number of aromatic nitrogens is 1. The van der Waals surface area contributed by atoms with Gasteiger partial charge in [0.25, 0.3) is 0 Å². The van der Waals surface area contributed by atoms with E-state index in [-0.39, 0.29) is 5.54 Å². The van der Waals surface area contributed by atoms with Crippen LogP contribution in [0, 0.1) is 6.92 Å². The molecule has 1 aromatic rings.